The van der Waals surface area contributed by atoms with Gasteiger partial charge in [-0.15, -0.1) is 10.2 Å². The molecule has 2 aromatic heterocycles. The highest BCUT2D eigenvalue weighted by atomic mass is 16.4. The molecule has 1 N–H and O–H groups in total. The zero-order valence-electron chi connectivity index (χ0n) is 10.5. The highest BCUT2D eigenvalue weighted by Gasteiger charge is 2.33. The lowest BCUT2D eigenvalue weighted by atomic mass is 10.0. The van der Waals surface area contributed by atoms with E-state index in [1.54, 1.807) is 43.8 Å². The van der Waals surface area contributed by atoms with E-state index in [0.717, 1.165) is 5.56 Å². The topological polar surface area (TPSA) is 80.9 Å². The van der Waals surface area contributed by atoms with Crippen LogP contribution < -0.4 is 0 Å². The summed E-state index contributed by atoms with van der Waals surface area (Å²) in [6.07, 6.45) is 3.29. The van der Waals surface area contributed by atoms with Crippen LogP contribution in [-0.2, 0) is 10.3 Å². The van der Waals surface area contributed by atoms with Crippen molar-refractivity contribution in [3.05, 3.63) is 30.4 Å². The molecular formula is C12H14N4O2. The summed E-state index contributed by atoms with van der Waals surface area (Å²) in [4.78, 5) is 15.4. The number of carbonyl (C=O) groups is 1. The van der Waals surface area contributed by atoms with E-state index in [-0.39, 0.29) is 0 Å². The van der Waals surface area contributed by atoms with Gasteiger partial charge < -0.3 is 5.11 Å². The Morgan fingerprint density at radius 2 is 2.11 bits per heavy atom. The zero-order chi connectivity index (χ0) is 13.3. The van der Waals surface area contributed by atoms with Gasteiger partial charge in [0.05, 0.1) is 0 Å². The number of hydrogen-bond donors (Lipinski definition) is 1. The third kappa shape index (κ3) is 1.85. The van der Waals surface area contributed by atoms with Gasteiger partial charge in [-0.05, 0) is 32.9 Å². The van der Waals surface area contributed by atoms with Crippen LogP contribution in [0.25, 0.3) is 11.4 Å². The summed E-state index contributed by atoms with van der Waals surface area (Å²) in [5, 5.41) is 17.3. The van der Waals surface area contributed by atoms with Crippen molar-refractivity contribution in [1.29, 1.82) is 0 Å². The molecular weight excluding hydrogens is 232 g/mol. The molecule has 6 nitrogen and oxygen atoms in total. The lowest BCUT2D eigenvalue weighted by molar-refractivity contribution is -0.145. The molecule has 2 heterocycles. The van der Waals surface area contributed by atoms with Gasteiger partial charge in [-0.1, -0.05) is 0 Å². The summed E-state index contributed by atoms with van der Waals surface area (Å²) in [5.74, 6) is 0.129. The van der Waals surface area contributed by atoms with Gasteiger partial charge >= 0.3 is 5.97 Å². The molecule has 0 aliphatic carbocycles. The molecule has 0 spiro atoms. The van der Waals surface area contributed by atoms with Crippen molar-refractivity contribution in [3.8, 4) is 11.4 Å². The van der Waals surface area contributed by atoms with Crippen molar-refractivity contribution >= 4 is 5.97 Å². The third-order valence-corrected chi connectivity index (χ3v) is 2.83. The molecule has 2 aromatic rings. The number of carboxylic acid groups (broad SMARTS) is 1. The maximum Gasteiger partial charge on any atom is 0.329 e. The number of aliphatic carboxylic acids is 1. The first-order chi connectivity index (χ1) is 8.44. The molecule has 0 amide bonds. The average molecular weight is 246 g/mol. The van der Waals surface area contributed by atoms with E-state index in [1.807, 2.05) is 6.07 Å². The average Bonchev–Trinajstić information content (AvgIpc) is 2.72. The van der Waals surface area contributed by atoms with Crippen LogP contribution in [0.4, 0.5) is 0 Å². The fraction of sp³-hybridized carbons (Fsp3) is 0.333. The Bertz CT molecular complexity index is 575. The van der Waals surface area contributed by atoms with Crippen LogP contribution >= 0.6 is 0 Å². The Labute approximate surface area is 104 Å². The smallest absolute Gasteiger partial charge is 0.329 e. The maximum absolute atomic E-state index is 11.4. The molecule has 94 valence electrons. The van der Waals surface area contributed by atoms with E-state index in [0.29, 0.717) is 11.6 Å². The fourth-order valence-corrected chi connectivity index (χ4v) is 1.81. The second-order valence-electron chi connectivity index (χ2n) is 4.51. The molecule has 18 heavy (non-hydrogen) atoms. The first kappa shape index (κ1) is 12.2. The summed E-state index contributed by atoms with van der Waals surface area (Å²) in [5.41, 5.74) is -0.369. The lowest BCUT2D eigenvalue weighted by Gasteiger charge is -2.24. The van der Waals surface area contributed by atoms with Gasteiger partial charge in [-0.25, -0.2) is 4.79 Å². The van der Waals surface area contributed by atoms with Crippen LogP contribution in [0.2, 0.25) is 0 Å². The molecule has 2 rings (SSSR count). The Kier molecular flexibility index (Phi) is 2.86. The molecule has 0 aliphatic rings. The van der Waals surface area contributed by atoms with Crippen molar-refractivity contribution in [2.75, 3.05) is 0 Å². The zero-order valence-corrected chi connectivity index (χ0v) is 10.5. The van der Waals surface area contributed by atoms with E-state index in [9.17, 15) is 9.90 Å². The Balaban J connectivity index is 2.63. The quantitative estimate of drug-likeness (QED) is 0.886. The number of carboxylic acids is 1. The monoisotopic (exact) mass is 246 g/mol. The maximum atomic E-state index is 11.4. The van der Waals surface area contributed by atoms with Crippen molar-refractivity contribution < 1.29 is 9.90 Å². The van der Waals surface area contributed by atoms with Gasteiger partial charge in [0.2, 0.25) is 0 Å². The van der Waals surface area contributed by atoms with Crippen LogP contribution in [0.5, 0.6) is 0 Å². The van der Waals surface area contributed by atoms with E-state index >= 15 is 0 Å². The molecule has 0 bridgehead atoms. The number of aromatic nitrogens is 4. The first-order valence-corrected chi connectivity index (χ1v) is 5.51. The number of rotatable bonds is 3. The van der Waals surface area contributed by atoms with Crippen LogP contribution in [0.15, 0.2) is 24.5 Å². The lowest BCUT2D eigenvalue weighted by Crippen LogP contribution is -2.37. The summed E-state index contributed by atoms with van der Waals surface area (Å²) in [6, 6.07) is 3.60. The SMILES string of the molecule is Cc1nnc(-c2cccnc2)n1C(C)(C)C(=O)O. The molecule has 0 unspecified atom stereocenters. The standard InChI is InChI=1S/C12H14N4O2/c1-8-14-15-10(9-5-4-6-13-7-9)16(8)12(2,3)11(17)18/h4-7H,1-3H3,(H,17,18). The van der Waals surface area contributed by atoms with Crippen LogP contribution in [0.1, 0.15) is 19.7 Å². The fourth-order valence-electron chi connectivity index (χ4n) is 1.81. The van der Waals surface area contributed by atoms with Gasteiger partial charge in [0.25, 0.3) is 0 Å². The molecule has 0 atom stereocenters. The minimum atomic E-state index is -1.11. The number of hydrogen-bond acceptors (Lipinski definition) is 4. The molecule has 0 aliphatic heterocycles. The number of pyridine rings is 1. The number of aryl methyl sites for hydroxylation is 1. The largest absolute Gasteiger partial charge is 0.480 e. The predicted octanol–water partition coefficient (Wildman–Crippen LogP) is 1.47. The van der Waals surface area contributed by atoms with E-state index in [4.69, 9.17) is 0 Å². The summed E-state index contributed by atoms with van der Waals surface area (Å²) < 4.78 is 1.60. The van der Waals surface area contributed by atoms with Gasteiger partial charge in [0.15, 0.2) is 5.82 Å². The van der Waals surface area contributed by atoms with Crippen molar-refractivity contribution in [3.63, 3.8) is 0 Å². The normalized spacial score (nSPS) is 11.5. The van der Waals surface area contributed by atoms with Crippen molar-refractivity contribution in [2.24, 2.45) is 0 Å². The van der Waals surface area contributed by atoms with Crippen molar-refractivity contribution in [2.45, 2.75) is 26.3 Å². The van der Waals surface area contributed by atoms with E-state index in [1.165, 1.54) is 0 Å². The summed E-state index contributed by atoms with van der Waals surface area (Å²) >= 11 is 0. The van der Waals surface area contributed by atoms with E-state index < -0.39 is 11.5 Å². The third-order valence-electron chi connectivity index (χ3n) is 2.83. The second-order valence-corrected chi connectivity index (χ2v) is 4.51. The summed E-state index contributed by atoms with van der Waals surface area (Å²) in [7, 11) is 0. The molecule has 6 heteroatoms. The minimum absolute atomic E-state index is 0.507. The van der Waals surface area contributed by atoms with Crippen molar-refractivity contribution in [1.82, 2.24) is 19.7 Å². The van der Waals surface area contributed by atoms with Crippen LogP contribution in [-0.4, -0.2) is 30.8 Å². The second kappa shape index (κ2) is 4.21. The first-order valence-electron chi connectivity index (χ1n) is 5.51. The molecule has 0 saturated heterocycles. The minimum Gasteiger partial charge on any atom is -0.480 e. The highest BCUT2D eigenvalue weighted by molar-refractivity contribution is 5.77. The Hall–Kier alpha value is -2.24. The van der Waals surface area contributed by atoms with Gasteiger partial charge in [-0.2, -0.15) is 0 Å². The van der Waals surface area contributed by atoms with Gasteiger partial charge in [0.1, 0.15) is 11.4 Å². The molecule has 0 fully saturated rings. The molecule has 0 radical (unpaired) electrons. The van der Waals surface area contributed by atoms with Crippen LogP contribution in [0.3, 0.4) is 0 Å². The number of nitrogens with zero attached hydrogens (tertiary/aromatic N) is 4. The summed E-state index contributed by atoms with van der Waals surface area (Å²) in [6.45, 7) is 4.97. The Morgan fingerprint density at radius 1 is 1.39 bits per heavy atom. The van der Waals surface area contributed by atoms with E-state index in [2.05, 4.69) is 15.2 Å². The predicted molar refractivity (Wildman–Crippen MR) is 64.9 cm³/mol. The Morgan fingerprint density at radius 3 is 2.67 bits per heavy atom. The molecule has 0 saturated carbocycles. The van der Waals surface area contributed by atoms with Gasteiger partial charge in [-0.3, -0.25) is 9.55 Å². The highest BCUT2D eigenvalue weighted by Crippen LogP contribution is 2.25. The van der Waals surface area contributed by atoms with Gasteiger partial charge in [0, 0.05) is 18.0 Å². The molecule has 0 aromatic carbocycles. The van der Waals surface area contributed by atoms with Crippen LogP contribution in [0, 0.1) is 6.92 Å².